The fourth-order valence-electron chi connectivity index (χ4n) is 0.455. The molecule has 0 aromatic heterocycles. The Kier molecular flexibility index (Phi) is 5.50. The van der Waals surface area contributed by atoms with E-state index in [9.17, 15) is 4.79 Å². The second kappa shape index (κ2) is 5.55. The highest BCUT2D eigenvalue weighted by Crippen LogP contribution is 2.08. The SMILES string of the molecule is C=C(I)/C=C\C(=C/C)C(=O)Cl. The van der Waals surface area contributed by atoms with Crippen LogP contribution in [0.5, 0.6) is 0 Å². The maximum Gasteiger partial charge on any atom is 0.252 e. The molecule has 0 aliphatic rings. The molecule has 0 amide bonds. The monoisotopic (exact) mass is 282 g/mol. The average Bonchev–Trinajstić information content (AvgIpc) is 1.87. The molecule has 1 nitrogen and oxygen atoms in total. The average molecular weight is 283 g/mol. The Morgan fingerprint density at radius 2 is 2.09 bits per heavy atom. The van der Waals surface area contributed by atoms with Crippen LogP contribution in [0.2, 0.25) is 0 Å². The number of hydrogen-bond donors (Lipinski definition) is 0. The summed E-state index contributed by atoms with van der Waals surface area (Å²) in [5, 5.41) is -0.443. The van der Waals surface area contributed by atoms with Gasteiger partial charge in [-0.05, 0) is 53.3 Å². The van der Waals surface area contributed by atoms with Crippen LogP contribution in [-0.2, 0) is 4.79 Å². The molecule has 0 heterocycles. The third-order valence-electron chi connectivity index (χ3n) is 0.982. The van der Waals surface area contributed by atoms with Gasteiger partial charge in [-0.1, -0.05) is 12.7 Å². The van der Waals surface area contributed by atoms with Crippen LogP contribution in [0.15, 0.2) is 34.0 Å². The Labute approximate surface area is 85.0 Å². The van der Waals surface area contributed by atoms with Crippen LogP contribution in [-0.4, -0.2) is 5.24 Å². The van der Waals surface area contributed by atoms with Gasteiger partial charge in [-0.15, -0.1) is 0 Å². The Balaban J connectivity index is 4.34. The van der Waals surface area contributed by atoms with Crippen molar-refractivity contribution in [3.63, 3.8) is 0 Å². The molecule has 3 heteroatoms. The van der Waals surface area contributed by atoms with E-state index in [1.54, 1.807) is 25.2 Å². The quantitative estimate of drug-likeness (QED) is 0.336. The topological polar surface area (TPSA) is 17.1 Å². The molecule has 0 aromatic rings. The maximum atomic E-state index is 10.6. The first-order valence-corrected chi connectivity index (χ1v) is 4.42. The van der Waals surface area contributed by atoms with E-state index in [1.807, 2.05) is 0 Å². The molecular weight excluding hydrogens is 274 g/mol. The largest absolute Gasteiger partial charge is 0.276 e. The number of allylic oxidation sites excluding steroid dienone is 5. The van der Waals surface area contributed by atoms with Gasteiger partial charge in [-0.2, -0.15) is 0 Å². The molecule has 0 fully saturated rings. The van der Waals surface area contributed by atoms with Gasteiger partial charge < -0.3 is 0 Å². The van der Waals surface area contributed by atoms with E-state index in [4.69, 9.17) is 11.6 Å². The van der Waals surface area contributed by atoms with Gasteiger partial charge in [-0.3, -0.25) is 4.79 Å². The minimum Gasteiger partial charge on any atom is -0.276 e. The number of carbonyl (C=O) groups is 1. The molecule has 0 radical (unpaired) electrons. The van der Waals surface area contributed by atoms with Crippen molar-refractivity contribution in [2.45, 2.75) is 6.92 Å². The van der Waals surface area contributed by atoms with Crippen LogP contribution < -0.4 is 0 Å². The molecule has 0 atom stereocenters. The predicted octanol–water partition coefficient (Wildman–Crippen LogP) is 3.20. The number of halogens is 2. The summed E-state index contributed by atoms with van der Waals surface area (Å²) in [7, 11) is 0. The van der Waals surface area contributed by atoms with Crippen LogP contribution in [0.1, 0.15) is 6.92 Å². The lowest BCUT2D eigenvalue weighted by molar-refractivity contribution is -0.108. The van der Waals surface area contributed by atoms with Gasteiger partial charge in [0.05, 0.1) is 0 Å². The molecule has 0 N–H and O–H groups in total. The Hall–Kier alpha value is -0.0900. The van der Waals surface area contributed by atoms with E-state index in [2.05, 4.69) is 29.2 Å². The van der Waals surface area contributed by atoms with Gasteiger partial charge in [0.15, 0.2) is 0 Å². The van der Waals surface area contributed by atoms with Gasteiger partial charge in [0, 0.05) is 9.15 Å². The molecule has 0 rings (SSSR count). The third-order valence-corrected chi connectivity index (χ3v) is 1.56. The fourth-order valence-corrected chi connectivity index (χ4v) is 0.807. The van der Waals surface area contributed by atoms with Gasteiger partial charge in [0.25, 0.3) is 5.24 Å². The van der Waals surface area contributed by atoms with E-state index < -0.39 is 5.24 Å². The standard InChI is InChI=1S/C8H8ClIO/c1-3-7(8(9)11)5-4-6(2)10/h3-5H,2H2,1H3/b5-4-,7-3+. The first-order chi connectivity index (χ1) is 5.07. The van der Waals surface area contributed by atoms with Gasteiger partial charge in [-0.25, -0.2) is 0 Å². The summed E-state index contributed by atoms with van der Waals surface area (Å²) >= 11 is 7.29. The lowest BCUT2D eigenvalue weighted by Gasteiger charge is -1.89. The van der Waals surface area contributed by atoms with Crippen molar-refractivity contribution in [3.8, 4) is 0 Å². The Morgan fingerprint density at radius 3 is 2.36 bits per heavy atom. The van der Waals surface area contributed by atoms with Gasteiger partial charge in [0.1, 0.15) is 0 Å². The van der Waals surface area contributed by atoms with Crippen molar-refractivity contribution >= 4 is 39.4 Å². The minimum atomic E-state index is -0.443. The van der Waals surface area contributed by atoms with Crippen LogP contribution in [0.3, 0.4) is 0 Å². The molecule has 0 saturated carbocycles. The smallest absolute Gasteiger partial charge is 0.252 e. The lowest BCUT2D eigenvalue weighted by Crippen LogP contribution is -1.87. The summed E-state index contributed by atoms with van der Waals surface area (Å²) in [6.07, 6.45) is 5.03. The van der Waals surface area contributed by atoms with E-state index in [0.717, 1.165) is 3.58 Å². The molecule has 0 aliphatic heterocycles. The second-order valence-electron chi connectivity index (χ2n) is 1.80. The van der Waals surface area contributed by atoms with Crippen LogP contribution >= 0.6 is 34.2 Å². The van der Waals surface area contributed by atoms with Crippen molar-refractivity contribution < 1.29 is 4.79 Å². The zero-order valence-corrected chi connectivity index (χ0v) is 9.02. The number of rotatable bonds is 3. The summed E-state index contributed by atoms with van der Waals surface area (Å²) in [5.41, 5.74) is 0.490. The molecule has 0 bridgehead atoms. The lowest BCUT2D eigenvalue weighted by atomic mass is 10.2. The van der Waals surface area contributed by atoms with E-state index >= 15 is 0 Å². The van der Waals surface area contributed by atoms with Crippen LogP contribution in [0, 0.1) is 0 Å². The minimum absolute atomic E-state index is 0.443. The summed E-state index contributed by atoms with van der Waals surface area (Å²) in [6.45, 7) is 5.40. The second-order valence-corrected chi connectivity index (χ2v) is 3.53. The summed E-state index contributed by atoms with van der Waals surface area (Å²) in [5.74, 6) is 0. The molecule has 0 unspecified atom stereocenters. The Morgan fingerprint density at radius 1 is 1.55 bits per heavy atom. The highest BCUT2D eigenvalue weighted by molar-refractivity contribution is 14.1. The summed E-state index contributed by atoms with van der Waals surface area (Å²) < 4.78 is 0.861. The summed E-state index contributed by atoms with van der Waals surface area (Å²) in [4.78, 5) is 10.6. The van der Waals surface area contributed by atoms with E-state index in [-0.39, 0.29) is 0 Å². The first-order valence-electron chi connectivity index (χ1n) is 2.96. The number of carbonyl (C=O) groups excluding carboxylic acids is 1. The molecule has 0 aliphatic carbocycles. The van der Waals surface area contributed by atoms with Crippen molar-refractivity contribution in [3.05, 3.63) is 34.0 Å². The molecule has 0 aromatic carbocycles. The third kappa shape index (κ3) is 5.21. The predicted molar refractivity (Wildman–Crippen MR) is 56.9 cm³/mol. The van der Waals surface area contributed by atoms with E-state index in [0.29, 0.717) is 5.57 Å². The molecule has 11 heavy (non-hydrogen) atoms. The van der Waals surface area contributed by atoms with Crippen molar-refractivity contribution in [1.29, 1.82) is 0 Å². The van der Waals surface area contributed by atoms with E-state index in [1.165, 1.54) is 0 Å². The molecule has 60 valence electrons. The Bertz CT molecular complexity index is 228. The fraction of sp³-hybridized carbons (Fsp3) is 0.125. The zero-order valence-electron chi connectivity index (χ0n) is 6.10. The first kappa shape index (κ1) is 10.9. The van der Waals surface area contributed by atoms with Crippen molar-refractivity contribution in [2.75, 3.05) is 0 Å². The highest BCUT2D eigenvalue weighted by Gasteiger charge is 1.98. The van der Waals surface area contributed by atoms with Crippen LogP contribution in [0.4, 0.5) is 0 Å². The summed E-state index contributed by atoms with van der Waals surface area (Å²) in [6, 6.07) is 0. The van der Waals surface area contributed by atoms with Crippen molar-refractivity contribution in [1.82, 2.24) is 0 Å². The van der Waals surface area contributed by atoms with Gasteiger partial charge in [0.2, 0.25) is 0 Å². The number of hydrogen-bond acceptors (Lipinski definition) is 1. The maximum absolute atomic E-state index is 10.6. The molecular formula is C8H8ClIO. The van der Waals surface area contributed by atoms with Gasteiger partial charge >= 0.3 is 0 Å². The molecule has 0 spiro atoms. The normalized spacial score (nSPS) is 12.1. The zero-order chi connectivity index (χ0) is 8.85. The molecule has 0 saturated heterocycles. The highest BCUT2D eigenvalue weighted by atomic mass is 127. The van der Waals surface area contributed by atoms with Crippen LogP contribution in [0.25, 0.3) is 0 Å². The van der Waals surface area contributed by atoms with Crippen molar-refractivity contribution in [2.24, 2.45) is 0 Å².